The number of aromatic nitrogens is 2. The van der Waals surface area contributed by atoms with Crippen LogP contribution >= 0.6 is 0 Å². The number of ether oxygens (including phenoxy) is 1. The number of benzene rings is 1. The van der Waals surface area contributed by atoms with Crippen molar-refractivity contribution in [1.82, 2.24) is 9.55 Å². The van der Waals surface area contributed by atoms with Gasteiger partial charge in [0.25, 0.3) is 0 Å². The number of halogens is 1. The number of anilines is 1. The van der Waals surface area contributed by atoms with Gasteiger partial charge in [-0.3, -0.25) is 0 Å². The highest BCUT2D eigenvalue weighted by Gasteiger charge is 2.31. The lowest BCUT2D eigenvalue weighted by Gasteiger charge is -2.24. The minimum absolute atomic E-state index is 0.198. The van der Waals surface area contributed by atoms with Gasteiger partial charge in [0, 0.05) is 12.7 Å². The summed E-state index contributed by atoms with van der Waals surface area (Å²) in [7, 11) is 0. The number of nitrogen functional groups attached to an aromatic ring is 1. The van der Waals surface area contributed by atoms with Crippen molar-refractivity contribution < 1.29 is 9.13 Å². The van der Waals surface area contributed by atoms with Gasteiger partial charge in [0.2, 0.25) is 5.95 Å². The Balaban J connectivity index is 2.03. The lowest BCUT2D eigenvalue weighted by molar-refractivity contribution is 0.00750. The van der Waals surface area contributed by atoms with Gasteiger partial charge in [0.05, 0.1) is 23.2 Å². The average Bonchev–Trinajstić information content (AvgIpc) is 2.85. The Hall–Kier alpha value is -1.62. The molecule has 1 saturated heterocycles. The molecule has 0 aliphatic carbocycles. The summed E-state index contributed by atoms with van der Waals surface area (Å²) in [6.45, 7) is 3.52. The maximum atomic E-state index is 13.1. The van der Waals surface area contributed by atoms with Crippen LogP contribution in [0.2, 0.25) is 0 Å². The van der Waals surface area contributed by atoms with E-state index < -0.39 is 0 Å². The van der Waals surface area contributed by atoms with Crippen LogP contribution in [0, 0.1) is 5.82 Å². The summed E-state index contributed by atoms with van der Waals surface area (Å²) >= 11 is 0. The van der Waals surface area contributed by atoms with Crippen molar-refractivity contribution in [3.63, 3.8) is 0 Å². The van der Waals surface area contributed by atoms with E-state index in [1.807, 2.05) is 4.57 Å². The number of hydrogen-bond acceptors (Lipinski definition) is 3. The predicted molar refractivity (Wildman–Crippen MR) is 67.7 cm³/mol. The van der Waals surface area contributed by atoms with E-state index in [1.165, 1.54) is 12.1 Å². The summed E-state index contributed by atoms with van der Waals surface area (Å²) in [5.74, 6) is 0.114. The molecule has 2 aromatic rings. The van der Waals surface area contributed by atoms with E-state index in [0.29, 0.717) is 18.0 Å². The summed E-state index contributed by atoms with van der Waals surface area (Å²) < 4.78 is 20.8. The summed E-state index contributed by atoms with van der Waals surface area (Å²) in [5.41, 5.74) is 7.16. The molecule has 4 nitrogen and oxygen atoms in total. The highest BCUT2D eigenvalue weighted by molar-refractivity contribution is 5.78. The number of hydrogen-bond donors (Lipinski definition) is 1. The highest BCUT2D eigenvalue weighted by Crippen LogP contribution is 2.29. The predicted octanol–water partition coefficient (Wildman–Crippen LogP) is 2.33. The molecule has 3 rings (SSSR count). The van der Waals surface area contributed by atoms with Crippen molar-refractivity contribution in [3.05, 3.63) is 24.0 Å². The first kappa shape index (κ1) is 11.5. The van der Waals surface area contributed by atoms with Crippen LogP contribution in [-0.2, 0) is 11.3 Å². The van der Waals surface area contributed by atoms with Gasteiger partial charge >= 0.3 is 0 Å². The van der Waals surface area contributed by atoms with Crippen LogP contribution < -0.4 is 5.73 Å². The smallest absolute Gasteiger partial charge is 0.201 e. The fourth-order valence-electron chi connectivity index (χ4n) is 2.58. The molecule has 1 aliphatic heterocycles. The van der Waals surface area contributed by atoms with Gasteiger partial charge in [-0.05, 0) is 31.9 Å². The van der Waals surface area contributed by atoms with Gasteiger partial charge in [-0.2, -0.15) is 0 Å². The van der Waals surface area contributed by atoms with Crippen LogP contribution in [0.4, 0.5) is 10.3 Å². The molecule has 0 radical (unpaired) electrons. The minimum atomic E-state index is -0.296. The van der Waals surface area contributed by atoms with Crippen molar-refractivity contribution >= 4 is 17.0 Å². The fourth-order valence-corrected chi connectivity index (χ4v) is 2.58. The topological polar surface area (TPSA) is 53.1 Å². The summed E-state index contributed by atoms with van der Waals surface area (Å²) in [5, 5.41) is 0. The van der Waals surface area contributed by atoms with E-state index in [0.717, 1.165) is 25.0 Å². The maximum absolute atomic E-state index is 13.1. The Labute approximate surface area is 105 Å². The number of fused-ring (bicyclic) bond motifs is 1. The molecule has 2 N–H and O–H groups in total. The Morgan fingerprint density at radius 3 is 3.11 bits per heavy atom. The van der Waals surface area contributed by atoms with E-state index in [1.54, 1.807) is 6.07 Å². The molecule has 1 aromatic heterocycles. The van der Waals surface area contributed by atoms with E-state index in [2.05, 4.69) is 11.9 Å². The Bertz CT molecular complexity index is 587. The number of nitrogens with zero attached hydrogens (tertiary/aromatic N) is 2. The molecule has 18 heavy (non-hydrogen) atoms. The molecule has 1 aromatic carbocycles. The van der Waals surface area contributed by atoms with E-state index >= 15 is 0 Å². The van der Waals surface area contributed by atoms with E-state index in [4.69, 9.17) is 10.5 Å². The van der Waals surface area contributed by atoms with Gasteiger partial charge in [-0.25, -0.2) is 9.37 Å². The van der Waals surface area contributed by atoms with Crippen LogP contribution in [0.1, 0.15) is 19.8 Å². The minimum Gasteiger partial charge on any atom is -0.373 e. The molecule has 1 aliphatic rings. The summed E-state index contributed by atoms with van der Waals surface area (Å²) in [6.07, 6.45) is 2.07. The zero-order valence-corrected chi connectivity index (χ0v) is 10.3. The van der Waals surface area contributed by atoms with Crippen molar-refractivity contribution in [2.24, 2.45) is 0 Å². The van der Waals surface area contributed by atoms with Crippen molar-refractivity contribution in [2.75, 3.05) is 12.3 Å². The van der Waals surface area contributed by atoms with Gasteiger partial charge in [0.15, 0.2) is 0 Å². The zero-order chi connectivity index (χ0) is 12.8. The van der Waals surface area contributed by atoms with Crippen molar-refractivity contribution in [2.45, 2.75) is 31.9 Å². The molecule has 0 saturated carbocycles. The normalized spacial score (nSPS) is 23.9. The zero-order valence-electron chi connectivity index (χ0n) is 10.3. The molecular formula is C13H16FN3O. The number of nitrogens with two attached hydrogens (primary N) is 1. The van der Waals surface area contributed by atoms with Crippen LogP contribution in [0.5, 0.6) is 0 Å². The second kappa shape index (κ2) is 3.95. The molecule has 96 valence electrons. The first-order valence-electron chi connectivity index (χ1n) is 6.13. The van der Waals surface area contributed by atoms with Crippen LogP contribution in [0.15, 0.2) is 18.2 Å². The van der Waals surface area contributed by atoms with Gasteiger partial charge in [-0.15, -0.1) is 0 Å². The van der Waals surface area contributed by atoms with Gasteiger partial charge in [0.1, 0.15) is 5.82 Å². The van der Waals surface area contributed by atoms with Crippen LogP contribution in [-0.4, -0.2) is 21.8 Å². The highest BCUT2D eigenvalue weighted by atomic mass is 19.1. The molecule has 0 spiro atoms. The first-order valence-corrected chi connectivity index (χ1v) is 6.13. The fraction of sp³-hybridized carbons (Fsp3) is 0.462. The van der Waals surface area contributed by atoms with Gasteiger partial charge in [-0.1, -0.05) is 0 Å². The van der Waals surface area contributed by atoms with E-state index in [-0.39, 0.29) is 11.4 Å². The standard InChI is InChI=1S/C13H16FN3O/c1-13(5-2-6-18-13)8-17-11-4-3-9(14)7-10(11)16-12(17)15/h3-4,7H,2,5-6,8H2,1H3,(H2,15,16). The lowest BCUT2D eigenvalue weighted by atomic mass is 10.0. The second-order valence-corrected chi connectivity index (χ2v) is 5.09. The monoisotopic (exact) mass is 249 g/mol. The van der Waals surface area contributed by atoms with Crippen LogP contribution in [0.25, 0.3) is 11.0 Å². The number of rotatable bonds is 2. The molecule has 2 heterocycles. The van der Waals surface area contributed by atoms with Crippen molar-refractivity contribution in [1.29, 1.82) is 0 Å². The third kappa shape index (κ3) is 1.84. The van der Waals surface area contributed by atoms with Gasteiger partial charge < -0.3 is 15.0 Å². The largest absolute Gasteiger partial charge is 0.373 e. The Morgan fingerprint density at radius 1 is 1.56 bits per heavy atom. The summed E-state index contributed by atoms with van der Waals surface area (Å²) in [6, 6.07) is 4.55. The molecule has 0 bridgehead atoms. The maximum Gasteiger partial charge on any atom is 0.201 e. The quantitative estimate of drug-likeness (QED) is 0.888. The van der Waals surface area contributed by atoms with Crippen molar-refractivity contribution in [3.8, 4) is 0 Å². The molecule has 0 amide bonds. The first-order chi connectivity index (χ1) is 8.57. The summed E-state index contributed by atoms with van der Waals surface area (Å²) in [4.78, 5) is 4.19. The second-order valence-electron chi connectivity index (χ2n) is 5.09. The molecule has 1 fully saturated rings. The Morgan fingerprint density at radius 2 is 2.39 bits per heavy atom. The SMILES string of the molecule is CC1(Cn2c(N)nc3cc(F)ccc32)CCCO1. The molecule has 5 heteroatoms. The molecular weight excluding hydrogens is 233 g/mol. The lowest BCUT2D eigenvalue weighted by Crippen LogP contribution is -2.30. The van der Waals surface area contributed by atoms with E-state index in [9.17, 15) is 4.39 Å². The average molecular weight is 249 g/mol. The molecule has 1 unspecified atom stereocenters. The molecule has 1 atom stereocenters. The number of imidazole rings is 1. The third-order valence-electron chi connectivity index (χ3n) is 3.53. The third-order valence-corrected chi connectivity index (χ3v) is 3.53. The Kier molecular flexibility index (Phi) is 2.52. The van der Waals surface area contributed by atoms with Crippen LogP contribution in [0.3, 0.4) is 0 Å².